The van der Waals surface area contributed by atoms with E-state index >= 15 is 0 Å². The Balaban J connectivity index is 2.78. The highest BCUT2D eigenvalue weighted by Gasteiger charge is 2.35. The van der Waals surface area contributed by atoms with Gasteiger partial charge in [0.25, 0.3) is 0 Å². The van der Waals surface area contributed by atoms with Gasteiger partial charge in [0.2, 0.25) is 0 Å². The summed E-state index contributed by atoms with van der Waals surface area (Å²) in [5.41, 5.74) is 6.67. The molecule has 1 aromatic rings. The molecule has 15 heavy (non-hydrogen) atoms. The Morgan fingerprint density at radius 1 is 1.47 bits per heavy atom. The lowest BCUT2D eigenvalue weighted by Crippen LogP contribution is -2.31. The van der Waals surface area contributed by atoms with Gasteiger partial charge in [-0.3, -0.25) is 0 Å². The molecule has 2 N–H and O–H groups in total. The Hall–Kier alpha value is -0.390. The standard InChI is InChI=1S/C10H12BrNO2S/c1-6-5-9(12)7-3-2-4-8(11)10(7)15(6,13)14/h2-4,6,9H,5,12H2,1H3. The van der Waals surface area contributed by atoms with E-state index in [4.69, 9.17) is 5.73 Å². The Bertz CT molecular complexity index is 498. The first-order valence-electron chi connectivity index (χ1n) is 4.72. The molecule has 2 atom stereocenters. The number of sulfone groups is 1. The maximum atomic E-state index is 12.1. The first-order chi connectivity index (χ1) is 6.94. The summed E-state index contributed by atoms with van der Waals surface area (Å²) < 4.78 is 24.8. The van der Waals surface area contributed by atoms with Crippen molar-refractivity contribution >= 4 is 25.8 Å². The van der Waals surface area contributed by atoms with Crippen molar-refractivity contribution in [2.24, 2.45) is 5.73 Å². The SMILES string of the molecule is CC1CC(N)c2cccc(Br)c2S1(=O)=O. The number of hydrogen-bond acceptors (Lipinski definition) is 3. The topological polar surface area (TPSA) is 60.2 Å². The van der Waals surface area contributed by atoms with Crippen molar-refractivity contribution in [3.05, 3.63) is 28.2 Å². The number of rotatable bonds is 0. The van der Waals surface area contributed by atoms with Gasteiger partial charge in [-0.15, -0.1) is 0 Å². The van der Waals surface area contributed by atoms with Crippen LogP contribution in [0.3, 0.4) is 0 Å². The molecule has 82 valence electrons. The van der Waals surface area contributed by atoms with Crippen LogP contribution in [0.25, 0.3) is 0 Å². The maximum absolute atomic E-state index is 12.1. The number of nitrogens with two attached hydrogens (primary N) is 1. The molecule has 0 spiro atoms. The van der Waals surface area contributed by atoms with Crippen LogP contribution in [0.15, 0.2) is 27.6 Å². The predicted molar refractivity (Wildman–Crippen MR) is 62.3 cm³/mol. The van der Waals surface area contributed by atoms with Gasteiger partial charge in [0, 0.05) is 10.5 Å². The van der Waals surface area contributed by atoms with Gasteiger partial charge in [-0.1, -0.05) is 12.1 Å². The van der Waals surface area contributed by atoms with Gasteiger partial charge in [-0.25, -0.2) is 8.42 Å². The van der Waals surface area contributed by atoms with Crippen molar-refractivity contribution in [1.82, 2.24) is 0 Å². The van der Waals surface area contributed by atoms with Crippen LogP contribution < -0.4 is 5.73 Å². The van der Waals surface area contributed by atoms with E-state index in [2.05, 4.69) is 15.9 Å². The summed E-state index contributed by atoms with van der Waals surface area (Å²) in [5, 5.41) is -0.404. The Labute approximate surface area is 97.7 Å². The van der Waals surface area contributed by atoms with Crippen molar-refractivity contribution < 1.29 is 8.42 Å². The van der Waals surface area contributed by atoms with Crippen LogP contribution in [0.1, 0.15) is 24.9 Å². The molecule has 2 unspecified atom stereocenters. The highest BCUT2D eigenvalue weighted by atomic mass is 79.9. The van der Waals surface area contributed by atoms with Crippen LogP contribution >= 0.6 is 15.9 Å². The average molecular weight is 290 g/mol. The summed E-state index contributed by atoms with van der Waals surface area (Å²) in [5.74, 6) is 0. The molecule has 1 aromatic carbocycles. The van der Waals surface area contributed by atoms with Crippen molar-refractivity contribution in [2.75, 3.05) is 0 Å². The minimum atomic E-state index is -3.21. The van der Waals surface area contributed by atoms with E-state index < -0.39 is 15.1 Å². The quantitative estimate of drug-likeness (QED) is 0.795. The summed E-state index contributed by atoms with van der Waals surface area (Å²) >= 11 is 3.28. The van der Waals surface area contributed by atoms with E-state index in [0.717, 1.165) is 5.56 Å². The van der Waals surface area contributed by atoms with Gasteiger partial charge in [-0.2, -0.15) is 0 Å². The Kier molecular flexibility index (Phi) is 2.65. The molecule has 0 bridgehead atoms. The predicted octanol–water partition coefficient (Wildman–Crippen LogP) is 2.01. The van der Waals surface area contributed by atoms with E-state index in [9.17, 15) is 8.42 Å². The Morgan fingerprint density at radius 2 is 2.13 bits per heavy atom. The second-order valence-corrected chi connectivity index (χ2v) is 7.01. The molecular formula is C10H12BrNO2S. The fourth-order valence-corrected chi connectivity index (χ4v) is 4.74. The summed E-state index contributed by atoms with van der Waals surface area (Å²) in [4.78, 5) is 0.372. The van der Waals surface area contributed by atoms with E-state index in [1.54, 1.807) is 19.1 Å². The minimum absolute atomic E-state index is 0.184. The van der Waals surface area contributed by atoms with E-state index in [-0.39, 0.29) is 6.04 Å². The molecule has 0 radical (unpaired) electrons. The van der Waals surface area contributed by atoms with Crippen LogP contribution in [0, 0.1) is 0 Å². The fraction of sp³-hybridized carbons (Fsp3) is 0.400. The van der Waals surface area contributed by atoms with Crippen LogP contribution in [-0.4, -0.2) is 13.7 Å². The van der Waals surface area contributed by atoms with E-state index in [1.165, 1.54) is 0 Å². The van der Waals surface area contributed by atoms with Gasteiger partial charge in [0.05, 0.1) is 10.1 Å². The first-order valence-corrected chi connectivity index (χ1v) is 7.06. The third kappa shape index (κ3) is 1.62. The van der Waals surface area contributed by atoms with Gasteiger partial charge >= 0.3 is 0 Å². The van der Waals surface area contributed by atoms with Crippen molar-refractivity contribution in [1.29, 1.82) is 0 Å². The molecule has 0 saturated heterocycles. The van der Waals surface area contributed by atoms with E-state index in [0.29, 0.717) is 15.8 Å². The van der Waals surface area contributed by atoms with Gasteiger partial charge in [-0.05, 0) is 40.9 Å². The second kappa shape index (κ2) is 3.57. The van der Waals surface area contributed by atoms with Gasteiger partial charge in [0.15, 0.2) is 9.84 Å². The van der Waals surface area contributed by atoms with Crippen LogP contribution in [0.2, 0.25) is 0 Å². The van der Waals surface area contributed by atoms with Crippen LogP contribution in [0.5, 0.6) is 0 Å². The summed E-state index contributed by atoms with van der Waals surface area (Å²) in [6, 6.07) is 5.15. The molecular weight excluding hydrogens is 278 g/mol. The third-order valence-electron chi connectivity index (χ3n) is 2.80. The largest absolute Gasteiger partial charge is 0.324 e. The molecule has 0 fully saturated rings. The molecule has 0 amide bonds. The third-order valence-corrected chi connectivity index (χ3v) is 6.00. The lowest BCUT2D eigenvalue weighted by Gasteiger charge is -2.27. The van der Waals surface area contributed by atoms with Crippen molar-refractivity contribution in [3.63, 3.8) is 0 Å². The maximum Gasteiger partial charge on any atom is 0.182 e. The molecule has 0 saturated carbocycles. The molecule has 0 aliphatic carbocycles. The Morgan fingerprint density at radius 3 is 2.80 bits per heavy atom. The smallest absolute Gasteiger partial charge is 0.182 e. The van der Waals surface area contributed by atoms with Gasteiger partial charge < -0.3 is 5.73 Å². The molecule has 5 heteroatoms. The summed E-state index contributed by atoms with van der Waals surface area (Å²) in [7, 11) is -3.21. The highest BCUT2D eigenvalue weighted by molar-refractivity contribution is 9.10. The minimum Gasteiger partial charge on any atom is -0.324 e. The number of fused-ring (bicyclic) bond motifs is 1. The number of hydrogen-bond donors (Lipinski definition) is 1. The average Bonchev–Trinajstić information content (AvgIpc) is 2.14. The van der Waals surface area contributed by atoms with Crippen LogP contribution in [-0.2, 0) is 9.84 Å². The van der Waals surface area contributed by atoms with Crippen molar-refractivity contribution in [3.8, 4) is 0 Å². The first kappa shape index (κ1) is 11.1. The van der Waals surface area contributed by atoms with Gasteiger partial charge in [0.1, 0.15) is 0 Å². The molecule has 0 aromatic heterocycles. The summed E-state index contributed by atoms with van der Waals surface area (Å²) in [6.07, 6.45) is 0.492. The zero-order valence-corrected chi connectivity index (χ0v) is 10.7. The molecule has 2 rings (SSSR count). The number of halogens is 1. The zero-order valence-electron chi connectivity index (χ0n) is 8.27. The number of benzene rings is 1. The molecule has 1 aliphatic heterocycles. The molecule has 1 heterocycles. The lowest BCUT2D eigenvalue weighted by molar-refractivity contribution is 0.536. The normalized spacial score (nSPS) is 28.5. The van der Waals surface area contributed by atoms with Crippen LogP contribution in [0.4, 0.5) is 0 Å². The van der Waals surface area contributed by atoms with E-state index in [1.807, 2.05) is 6.07 Å². The fourth-order valence-electron chi connectivity index (χ4n) is 1.93. The lowest BCUT2D eigenvalue weighted by atomic mass is 10.0. The molecule has 1 aliphatic rings. The zero-order chi connectivity index (χ0) is 11.2. The monoisotopic (exact) mass is 289 g/mol. The van der Waals surface area contributed by atoms with Crippen molar-refractivity contribution in [2.45, 2.75) is 29.5 Å². The summed E-state index contributed by atoms with van der Waals surface area (Å²) in [6.45, 7) is 1.71. The highest BCUT2D eigenvalue weighted by Crippen LogP contribution is 2.38. The second-order valence-electron chi connectivity index (χ2n) is 3.86. The molecule has 3 nitrogen and oxygen atoms in total.